The van der Waals surface area contributed by atoms with Crippen LogP contribution in [0.2, 0.25) is 0 Å². The minimum absolute atomic E-state index is 0.0932. The summed E-state index contributed by atoms with van der Waals surface area (Å²) in [6.45, 7) is 0. The number of methoxy groups -OCH3 is 4. The van der Waals surface area contributed by atoms with Gasteiger partial charge in [-0.25, -0.2) is 8.42 Å². The van der Waals surface area contributed by atoms with Gasteiger partial charge in [0.1, 0.15) is 5.75 Å². The van der Waals surface area contributed by atoms with Gasteiger partial charge < -0.3 is 18.9 Å². The molecule has 2 aromatic carbocycles. The van der Waals surface area contributed by atoms with Crippen molar-refractivity contribution in [3.63, 3.8) is 0 Å². The lowest BCUT2D eigenvalue weighted by molar-refractivity contribution is 0.324. The monoisotopic (exact) mass is 419 g/mol. The molecule has 10 heteroatoms. The molecule has 0 bridgehead atoms. The minimum Gasteiger partial charge on any atom is -0.497 e. The maximum Gasteiger partial charge on any atom is 0.263 e. The van der Waals surface area contributed by atoms with Gasteiger partial charge in [-0.3, -0.25) is 9.82 Å². The summed E-state index contributed by atoms with van der Waals surface area (Å²) in [6, 6.07) is 11.1. The van der Waals surface area contributed by atoms with Crippen molar-refractivity contribution in [2.45, 2.75) is 4.90 Å². The van der Waals surface area contributed by atoms with Crippen LogP contribution in [0.5, 0.6) is 23.0 Å². The molecule has 0 aliphatic carbocycles. The summed E-state index contributed by atoms with van der Waals surface area (Å²) >= 11 is 0. The van der Waals surface area contributed by atoms with Gasteiger partial charge in [0.05, 0.1) is 39.0 Å². The first-order valence-corrected chi connectivity index (χ1v) is 9.92. The number of ether oxygens (including phenoxy) is 4. The van der Waals surface area contributed by atoms with Gasteiger partial charge in [0.25, 0.3) is 10.0 Å². The number of aromatic nitrogens is 2. The fraction of sp³-hybridized carbons (Fsp3) is 0.211. The lowest BCUT2D eigenvalue weighted by atomic mass is 10.1. The number of nitrogens with one attached hydrogen (secondary N) is 2. The van der Waals surface area contributed by atoms with E-state index in [-0.39, 0.29) is 10.7 Å². The second kappa shape index (κ2) is 8.31. The molecule has 0 aliphatic rings. The number of sulfonamides is 1. The first kappa shape index (κ1) is 20.3. The summed E-state index contributed by atoms with van der Waals surface area (Å²) in [6.07, 6.45) is 0. The standard InChI is InChI=1S/C19H21N3O6S/c1-25-13-5-7-14(8-6-13)29(23,24)22-18-11-15(20-21-18)12-9-16(26-2)19(28-4)17(10-12)27-3/h5-11H,1-4H3,(H2,20,21,22). The van der Waals surface area contributed by atoms with Gasteiger partial charge in [0.2, 0.25) is 5.75 Å². The van der Waals surface area contributed by atoms with E-state index in [0.29, 0.717) is 34.3 Å². The van der Waals surface area contributed by atoms with Crippen LogP contribution in [0, 0.1) is 0 Å². The average Bonchev–Trinajstić information content (AvgIpc) is 3.20. The summed E-state index contributed by atoms with van der Waals surface area (Å²) in [5.41, 5.74) is 1.25. The van der Waals surface area contributed by atoms with Crippen molar-refractivity contribution in [1.29, 1.82) is 0 Å². The fourth-order valence-corrected chi connectivity index (χ4v) is 3.70. The third kappa shape index (κ3) is 4.21. The lowest BCUT2D eigenvalue weighted by Gasteiger charge is -2.13. The Balaban J connectivity index is 1.89. The zero-order valence-corrected chi connectivity index (χ0v) is 17.2. The molecule has 2 N–H and O–H groups in total. The molecule has 0 fully saturated rings. The Labute approximate surface area is 168 Å². The first-order valence-electron chi connectivity index (χ1n) is 8.44. The molecule has 1 aromatic heterocycles. The molecule has 3 aromatic rings. The molecule has 0 unspecified atom stereocenters. The van der Waals surface area contributed by atoms with E-state index in [1.165, 1.54) is 40.6 Å². The van der Waals surface area contributed by atoms with E-state index in [1.807, 2.05) is 0 Å². The van der Waals surface area contributed by atoms with Gasteiger partial charge in [-0.05, 0) is 36.4 Å². The SMILES string of the molecule is COc1ccc(S(=O)(=O)Nc2cc(-c3cc(OC)c(OC)c(OC)c3)[nH]n2)cc1. The second-order valence-electron chi connectivity index (χ2n) is 5.86. The molecule has 154 valence electrons. The summed E-state index contributed by atoms with van der Waals surface area (Å²) in [5.74, 6) is 2.10. The van der Waals surface area contributed by atoms with Crippen LogP contribution in [0.1, 0.15) is 0 Å². The maximum atomic E-state index is 12.6. The summed E-state index contributed by atoms with van der Waals surface area (Å²) in [4.78, 5) is 0.0932. The Morgan fingerprint density at radius 2 is 1.48 bits per heavy atom. The van der Waals surface area contributed by atoms with Crippen molar-refractivity contribution in [2.24, 2.45) is 0 Å². The molecule has 1 heterocycles. The highest BCUT2D eigenvalue weighted by atomic mass is 32.2. The maximum absolute atomic E-state index is 12.6. The molecule has 29 heavy (non-hydrogen) atoms. The molecule has 0 spiro atoms. The van der Waals surface area contributed by atoms with E-state index >= 15 is 0 Å². The van der Waals surface area contributed by atoms with Gasteiger partial charge in [-0.2, -0.15) is 5.10 Å². The van der Waals surface area contributed by atoms with Gasteiger partial charge in [0, 0.05) is 11.6 Å². The van der Waals surface area contributed by atoms with E-state index in [2.05, 4.69) is 14.9 Å². The van der Waals surface area contributed by atoms with Gasteiger partial charge in [-0.15, -0.1) is 0 Å². The predicted molar refractivity (Wildman–Crippen MR) is 107 cm³/mol. The Bertz CT molecular complexity index is 1070. The topological polar surface area (TPSA) is 112 Å². The Hall–Kier alpha value is -3.40. The molecule has 0 amide bonds. The molecule has 0 saturated carbocycles. The normalized spacial score (nSPS) is 11.0. The largest absolute Gasteiger partial charge is 0.497 e. The number of hydrogen-bond donors (Lipinski definition) is 2. The highest BCUT2D eigenvalue weighted by Gasteiger charge is 2.18. The first-order chi connectivity index (χ1) is 13.9. The summed E-state index contributed by atoms with van der Waals surface area (Å²) < 4.78 is 48.6. The third-order valence-electron chi connectivity index (χ3n) is 4.16. The minimum atomic E-state index is -3.80. The van der Waals surface area contributed by atoms with Gasteiger partial charge in [-0.1, -0.05) is 0 Å². The molecular formula is C19H21N3O6S. The van der Waals surface area contributed by atoms with Crippen LogP contribution in [-0.2, 0) is 10.0 Å². The predicted octanol–water partition coefficient (Wildman–Crippen LogP) is 2.91. The Kier molecular flexibility index (Phi) is 5.83. The summed E-state index contributed by atoms with van der Waals surface area (Å²) in [7, 11) is 2.26. The molecular weight excluding hydrogens is 398 g/mol. The number of H-pyrrole nitrogens is 1. The van der Waals surface area contributed by atoms with Crippen molar-refractivity contribution in [3.05, 3.63) is 42.5 Å². The van der Waals surface area contributed by atoms with Crippen LogP contribution in [-0.4, -0.2) is 47.1 Å². The number of rotatable bonds is 8. The van der Waals surface area contributed by atoms with Crippen molar-refractivity contribution < 1.29 is 27.4 Å². The zero-order valence-electron chi connectivity index (χ0n) is 16.3. The third-order valence-corrected chi connectivity index (χ3v) is 5.53. The van der Waals surface area contributed by atoms with Crippen molar-refractivity contribution in [3.8, 4) is 34.3 Å². The van der Waals surface area contributed by atoms with Crippen molar-refractivity contribution in [1.82, 2.24) is 10.2 Å². The zero-order chi connectivity index (χ0) is 21.0. The quantitative estimate of drug-likeness (QED) is 0.577. The van der Waals surface area contributed by atoms with Crippen molar-refractivity contribution in [2.75, 3.05) is 33.2 Å². The number of nitrogens with zero attached hydrogens (tertiary/aromatic N) is 1. The van der Waals surface area contributed by atoms with Crippen LogP contribution >= 0.6 is 0 Å². The van der Waals surface area contributed by atoms with Crippen LogP contribution in [0.3, 0.4) is 0 Å². The van der Waals surface area contributed by atoms with E-state index in [1.54, 1.807) is 30.3 Å². The number of anilines is 1. The van der Waals surface area contributed by atoms with Crippen LogP contribution in [0.15, 0.2) is 47.4 Å². The van der Waals surface area contributed by atoms with E-state index in [4.69, 9.17) is 18.9 Å². The Morgan fingerprint density at radius 3 is 2.00 bits per heavy atom. The van der Waals surface area contributed by atoms with E-state index in [9.17, 15) is 8.42 Å². The molecule has 0 saturated heterocycles. The van der Waals surface area contributed by atoms with Crippen LogP contribution in [0.25, 0.3) is 11.3 Å². The molecule has 0 atom stereocenters. The van der Waals surface area contributed by atoms with Crippen molar-refractivity contribution >= 4 is 15.8 Å². The van der Waals surface area contributed by atoms with Gasteiger partial charge in [0.15, 0.2) is 17.3 Å². The highest BCUT2D eigenvalue weighted by molar-refractivity contribution is 7.92. The molecule has 0 aliphatic heterocycles. The molecule has 3 rings (SSSR count). The fourth-order valence-electron chi connectivity index (χ4n) is 2.71. The van der Waals surface area contributed by atoms with Crippen LogP contribution in [0.4, 0.5) is 5.82 Å². The van der Waals surface area contributed by atoms with E-state index < -0.39 is 10.0 Å². The molecule has 9 nitrogen and oxygen atoms in total. The lowest BCUT2D eigenvalue weighted by Crippen LogP contribution is -2.13. The van der Waals surface area contributed by atoms with E-state index in [0.717, 1.165) is 0 Å². The Morgan fingerprint density at radius 1 is 0.862 bits per heavy atom. The highest BCUT2D eigenvalue weighted by Crippen LogP contribution is 2.41. The summed E-state index contributed by atoms with van der Waals surface area (Å²) in [5, 5.41) is 6.84. The number of benzene rings is 2. The smallest absolute Gasteiger partial charge is 0.263 e. The molecule has 0 radical (unpaired) electrons. The number of hydrogen-bond acceptors (Lipinski definition) is 7. The van der Waals surface area contributed by atoms with Gasteiger partial charge >= 0.3 is 0 Å². The van der Waals surface area contributed by atoms with Crippen LogP contribution < -0.4 is 23.7 Å². The average molecular weight is 419 g/mol. The number of aromatic amines is 1. The second-order valence-corrected chi connectivity index (χ2v) is 7.54.